The molecular weight excluding hydrogens is 321 g/mol. The molecule has 0 bridgehead atoms. The van der Waals surface area contributed by atoms with Gasteiger partial charge in [-0.2, -0.15) is 0 Å². The zero-order chi connectivity index (χ0) is 19.1. The van der Waals surface area contributed by atoms with E-state index in [0.717, 1.165) is 36.4 Å². The fraction of sp³-hybridized carbons (Fsp3) is 0.913. The van der Waals surface area contributed by atoms with Crippen molar-refractivity contribution in [3.8, 4) is 0 Å². The van der Waals surface area contributed by atoms with E-state index in [4.69, 9.17) is 0 Å². The van der Waals surface area contributed by atoms with E-state index in [-0.39, 0.29) is 0 Å². The van der Waals surface area contributed by atoms with Gasteiger partial charge >= 0.3 is 0 Å². The molecule has 1 nitrogen and oxygen atoms in total. The van der Waals surface area contributed by atoms with Crippen LogP contribution in [0.5, 0.6) is 0 Å². The smallest absolute Gasteiger partial charge is 0.00519 e. The van der Waals surface area contributed by atoms with Crippen molar-refractivity contribution in [2.24, 2.45) is 17.8 Å². The molecule has 2 heteroatoms. The third kappa shape index (κ3) is 12.2. The van der Waals surface area contributed by atoms with Crippen molar-refractivity contribution in [1.82, 2.24) is 5.32 Å². The van der Waals surface area contributed by atoms with E-state index in [0.29, 0.717) is 0 Å². The number of allylic oxidation sites excluding steroid dienone is 1. The van der Waals surface area contributed by atoms with Crippen LogP contribution < -0.4 is 5.32 Å². The SMILES string of the molecule is C=C(CC)CCCCC(CC)C(CC)C[C@H](CCCCNC)C(C)P. The van der Waals surface area contributed by atoms with Crippen LogP contribution in [-0.2, 0) is 0 Å². The van der Waals surface area contributed by atoms with Crippen molar-refractivity contribution in [3.63, 3.8) is 0 Å². The first-order valence-corrected chi connectivity index (χ1v) is 11.7. The summed E-state index contributed by atoms with van der Waals surface area (Å²) >= 11 is 0. The number of hydrogen-bond acceptors (Lipinski definition) is 1. The van der Waals surface area contributed by atoms with E-state index in [1.807, 2.05) is 0 Å². The lowest BCUT2D eigenvalue weighted by Gasteiger charge is -2.31. The molecule has 0 aliphatic carbocycles. The van der Waals surface area contributed by atoms with Gasteiger partial charge in [0.1, 0.15) is 0 Å². The average molecular weight is 370 g/mol. The molecular formula is C23H48NP. The van der Waals surface area contributed by atoms with Crippen LogP contribution in [-0.4, -0.2) is 19.3 Å². The maximum absolute atomic E-state index is 4.15. The van der Waals surface area contributed by atoms with Gasteiger partial charge in [0, 0.05) is 0 Å². The minimum Gasteiger partial charge on any atom is -0.320 e. The Morgan fingerprint density at radius 1 is 0.920 bits per heavy atom. The summed E-state index contributed by atoms with van der Waals surface area (Å²) in [6.07, 6.45) is 14.8. The number of hydrogen-bond donors (Lipinski definition) is 1. The predicted molar refractivity (Wildman–Crippen MR) is 121 cm³/mol. The molecule has 5 atom stereocenters. The van der Waals surface area contributed by atoms with Crippen LogP contribution in [0.4, 0.5) is 0 Å². The lowest BCUT2D eigenvalue weighted by Crippen LogP contribution is -2.22. The lowest BCUT2D eigenvalue weighted by atomic mass is 9.77. The van der Waals surface area contributed by atoms with Crippen molar-refractivity contribution in [2.75, 3.05) is 13.6 Å². The summed E-state index contributed by atoms with van der Waals surface area (Å²) in [6.45, 7) is 14.8. The molecule has 0 amide bonds. The van der Waals surface area contributed by atoms with Gasteiger partial charge < -0.3 is 5.32 Å². The Kier molecular flexibility index (Phi) is 16.4. The minimum atomic E-state index is 0.744. The van der Waals surface area contributed by atoms with Gasteiger partial charge in [-0.05, 0) is 75.5 Å². The van der Waals surface area contributed by atoms with E-state index >= 15 is 0 Å². The van der Waals surface area contributed by atoms with Gasteiger partial charge in [0.2, 0.25) is 0 Å². The maximum Gasteiger partial charge on any atom is -0.00519 e. The minimum absolute atomic E-state index is 0.744. The molecule has 0 aliphatic heterocycles. The van der Waals surface area contributed by atoms with Crippen molar-refractivity contribution >= 4 is 9.24 Å². The highest BCUT2D eigenvalue weighted by Gasteiger charge is 2.24. The molecule has 0 aliphatic rings. The van der Waals surface area contributed by atoms with Crippen LogP contribution in [0.15, 0.2) is 12.2 Å². The normalized spacial score (nSPS) is 16.4. The summed E-state index contributed by atoms with van der Waals surface area (Å²) in [4.78, 5) is 0. The first-order valence-electron chi connectivity index (χ1n) is 11.1. The fourth-order valence-corrected chi connectivity index (χ4v) is 4.47. The molecule has 150 valence electrons. The second-order valence-electron chi connectivity index (χ2n) is 8.14. The first kappa shape index (κ1) is 25.1. The summed E-state index contributed by atoms with van der Waals surface area (Å²) in [7, 11) is 5.15. The van der Waals surface area contributed by atoms with Crippen LogP contribution in [0.2, 0.25) is 0 Å². The average Bonchev–Trinajstić information content (AvgIpc) is 2.61. The van der Waals surface area contributed by atoms with Crippen molar-refractivity contribution in [3.05, 3.63) is 12.2 Å². The van der Waals surface area contributed by atoms with Gasteiger partial charge in [-0.25, -0.2) is 0 Å². The van der Waals surface area contributed by atoms with E-state index in [2.05, 4.69) is 55.9 Å². The summed E-state index contributed by atoms with van der Waals surface area (Å²) in [5, 5.41) is 3.28. The molecule has 0 rings (SSSR count). The second-order valence-corrected chi connectivity index (χ2v) is 9.19. The van der Waals surface area contributed by atoms with E-state index in [9.17, 15) is 0 Å². The molecule has 25 heavy (non-hydrogen) atoms. The van der Waals surface area contributed by atoms with Gasteiger partial charge in [-0.15, -0.1) is 9.24 Å². The summed E-state index contributed by atoms with van der Waals surface area (Å²) in [6, 6.07) is 0. The highest BCUT2D eigenvalue weighted by atomic mass is 31.0. The summed E-state index contributed by atoms with van der Waals surface area (Å²) < 4.78 is 0. The topological polar surface area (TPSA) is 12.0 Å². The Hall–Kier alpha value is 0.130. The van der Waals surface area contributed by atoms with Crippen LogP contribution in [0.25, 0.3) is 0 Å². The number of unbranched alkanes of at least 4 members (excludes halogenated alkanes) is 2. The second kappa shape index (κ2) is 16.3. The predicted octanol–water partition coefficient (Wildman–Crippen LogP) is 7.23. The highest BCUT2D eigenvalue weighted by molar-refractivity contribution is 7.17. The molecule has 0 radical (unpaired) electrons. The van der Waals surface area contributed by atoms with Crippen LogP contribution >= 0.6 is 9.24 Å². The van der Waals surface area contributed by atoms with Crippen LogP contribution in [0.3, 0.4) is 0 Å². The zero-order valence-corrected chi connectivity index (χ0v) is 19.2. The van der Waals surface area contributed by atoms with Gasteiger partial charge in [0.25, 0.3) is 0 Å². The Morgan fingerprint density at radius 3 is 2.04 bits per heavy atom. The molecule has 0 spiro atoms. The van der Waals surface area contributed by atoms with Gasteiger partial charge in [-0.1, -0.05) is 72.0 Å². The molecule has 0 fully saturated rings. The molecule has 4 unspecified atom stereocenters. The number of nitrogens with one attached hydrogen (secondary N) is 1. The van der Waals surface area contributed by atoms with Crippen molar-refractivity contribution < 1.29 is 0 Å². The summed E-state index contributed by atoms with van der Waals surface area (Å²) in [5.41, 5.74) is 2.17. The van der Waals surface area contributed by atoms with E-state index in [1.54, 1.807) is 0 Å². The molecule has 0 saturated carbocycles. The molecule has 0 saturated heterocycles. The lowest BCUT2D eigenvalue weighted by molar-refractivity contribution is 0.226. The van der Waals surface area contributed by atoms with Gasteiger partial charge in [-0.3, -0.25) is 0 Å². The molecule has 0 heterocycles. The highest BCUT2D eigenvalue weighted by Crippen LogP contribution is 2.35. The zero-order valence-electron chi connectivity index (χ0n) is 18.1. The summed E-state index contributed by atoms with van der Waals surface area (Å²) in [5.74, 6) is 2.71. The molecule has 0 aromatic rings. The Bertz CT molecular complexity index is 313. The first-order chi connectivity index (χ1) is 12.0. The van der Waals surface area contributed by atoms with E-state index in [1.165, 1.54) is 69.8 Å². The largest absolute Gasteiger partial charge is 0.320 e. The monoisotopic (exact) mass is 369 g/mol. The van der Waals surface area contributed by atoms with Gasteiger partial charge in [0.15, 0.2) is 0 Å². The third-order valence-corrected chi connectivity index (χ3v) is 6.72. The quantitative estimate of drug-likeness (QED) is 0.162. The molecule has 0 aromatic heterocycles. The molecule has 1 N–H and O–H groups in total. The fourth-order valence-electron chi connectivity index (χ4n) is 4.12. The standard InChI is InChI=1S/C23H48NP/c1-7-19(4)14-10-11-15-21(8-2)22(9-3)18-23(20(5)25)16-12-13-17-24-6/h20-24H,4,7-18,25H2,1-3,5-6H3/t20?,21?,22?,23-/m0/s1. The van der Waals surface area contributed by atoms with Crippen LogP contribution in [0, 0.1) is 17.8 Å². The number of rotatable bonds is 17. The Labute approximate surface area is 162 Å². The third-order valence-electron chi connectivity index (χ3n) is 6.17. The van der Waals surface area contributed by atoms with Crippen molar-refractivity contribution in [1.29, 1.82) is 0 Å². The Balaban J connectivity index is 4.41. The Morgan fingerprint density at radius 2 is 1.52 bits per heavy atom. The van der Waals surface area contributed by atoms with Crippen LogP contribution in [0.1, 0.15) is 98.3 Å². The van der Waals surface area contributed by atoms with Gasteiger partial charge in [0.05, 0.1) is 0 Å². The maximum atomic E-state index is 4.15. The van der Waals surface area contributed by atoms with E-state index < -0.39 is 0 Å². The van der Waals surface area contributed by atoms with Crippen molar-refractivity contribution in [2.45, 2.75) is 104 Å². The molecule has 0 aromatic carbocycles.